The molecule has 0 radical (unpaired) electrons. The Morgan fingerprint density at radius 2 is 2.28 bits per heavy atom. The van der Waals surface area contributed by atoms with Gasteiger partial charge in [0.05, 0.1) is 0 Å². The summed E-state index contributed by atoms with van der Waals surface area (Å²) in [6, 6.07) is 3.93. The largest absolute Gasteiger partial charge is 0.364 e. The lowest BCUT2D eigenvalue weighted by molar-refractivity contribution is 0.653. The van der Waals surface area contributed by atoms with E-state index in [2.05, 4.69) is 34.0 Å². The number of alkyl halides is 1. The van der Waals surface area contributed by atoms with Gasteiger partial charge in [0.2, 0.25) is 0 Å². The van der Waals surface area contributed by atoms with Gasteiger partial charge in [0.25, 0.3) is 0 Å². The summed E-state index contributed by atoms with van der Waals surface area (Å²) < 4.78 is 1.27. The number of fused-ring (bicyclic) bond motifs is 1. The van der Waals surface area contributed by atoms with Crippen molar-refractivity contribution in [2.45, 2.75) is 26.3 Å². The van der Waals surface area contributed by atoms with Crippen LogP contribution in [0.15, 0.2) is 16.9 Å². The fourth-order valence-electron chi connectivity index (χ4n) is 1.81. The molecule has 0 saturated heterocycles. The predicted octanol–water partition coefficient (Wildman–Crippen LogP) is 1.26. The minimum absolute atomic E-state index is 0.292. The van der Waals surface area contributed by atoms with E-state index >= 15 is 0 Å². The summed E-state index contributed by atoms with van der Waals surface area (Å²) in [4.78, 5) is 13.6. The van der Waals surface area contributed by atoms with E-state index in [0.717, 1.165) is 18.8 Å². The summed E-state index contributed by atoms with van der Waals surface area (Å²) in [5.41, 5.74) is 0.192. The average Bonchev–Trinajstić information content (AvgIpc) is 2.71. The van der Waals surface area contributed by atoms with E-state index in [1.54, 1.807) is 6.07 Å². The van der Waals surface area contributed by atoms with Gasteiger partial charge in [-0.25, -0.2) is 9.89 Å². The number of rotatable bonds is 5. The molecule has 18 heavy (non-hydrogen) atoms. The SMILES string of the molecule is CC(C)N(CCCCl)c1ccc2n[nH]c(=O)n2n1. The molecule has 2 rings (SSSR count). The molecule has 0 aromatic carbocycles. The number of anilines is 1. The highest BCUT2D eigenvalue weighted by atomic mass is 35.5. The summed E-state index contributed by atoms with van der Waals surface area (Å²) in [7, 11) is 0. The Balaban J connectivity index is 2.37. The maximum Gasteiger partial charge on any atom is 0.364 e. The Bertz CT molecular complexity index is 576. The first-order valence-corrected chi connectivity index (χ1v) is 6.44. The average molecular weight is 270 g/mol. The van der Waals surface area contributed by atoms with E-state index in [1.165, 1.54) is 4.52 Å². The summed E-state index contributed by atoms with van der Waals surface area (Å²) in [6.45, 7) is 4.97. The number of aromatic amines is 1. The number of nitrogens with zero attached hydrogens (tertiary/aromatic N) is 4. The van der Waals surface area contributed by atoms with E-state index in [-0.39, 0.29) is 5.69 Å². The Morgan fingerprint density at radius 1 is 1.50 bits per heavy atom. The van der Waals surface area contributed by atoms with E-state index < -0.39 is 0 Å². The van der Waals surface area contributed by atoms with Gasteiger partial charge >= 0.3 is 5.69 Å². The van der Waals surface area contributed by atoms with Gasteiger partial charge in [-0.3, -0.25) is 0 Å². The molecule has 0 amide bonds. The van der Waals surface area contributed by atoms with Crippen LogP contribution in [0.4, 0.5) is 5.82 Å². The molecule has 6 nitrogen and oxygen atoms in total. The molecule has 1 N–H and O–H groups in total. The molecule has 0 aliphatic heterocycles. The maximum absolute atomic E-state index is 11.5. The third kappa shape index (κ3) is 2.48. The minimum atomic E-state index is -0.326. The van der Waals surface area contributed by atoms with Crippen LogP contribution in [0.2, 0.25) is 0 Å². The molecule has 0 saturated carbocycles. The molecular formula is C11H16ClN5O. The van der Waals surface area contributed by atoms with Crippen LogP contribution in [0, 0.1) is 0 Å². The predicted molar refractivity (Wildman–Crippen MR) is 71.4 cm³/mol. The van der Waals surface area contributed by atoms with Crippen molar-refractivity contribution in [3.63, 3.8) is 0 Å². The van der Waals surface area contributed by atoms with Gasteiger partial charge < -0.3 is 4.90 Å². The van der Waals surface area contributed by atoms with Crippen LogP contribution in [0.25, 0.3) is 5.65 Å². The highest BCUT2D eigenvalue weighted by Gasteiger charge is 2.13. The first-order valence-electron chi connectivity index (χ1n) is 5.90. The third-order valence-corrected chi connectivity index (χ3v) is 2.98. The van der Waals surface area contributed by atoms with Crippen molar-refractivity contribution < 1.29 is 0 Å². The van der Waals surface area contributed by atoms with Gasteiger partial charge in [0.1, 0.15) is 5.82 Å². The summed E-state index contributed by atoms with van der Waals surface area (Å²) >= 11 is 5.72. The zero-order valence-corrected chi connectivity index (χ0v) is 11.2. The van der Waals surface area contributed by atoms with Crippen LogP contribution in [0.3, 0.4) is 0 Å². The molecule has 0 fully saturated rings. The van der Waals surface area contributed by atoms with Gasteiger partial charge in [-0.05, 0) is 32.4 Å². The topological polar surface area (TPSA) is 66.3 Å². The molecular weight excluding hydrogens is 254 g/mol. The van der Waals surface area contributed by atoms with E-state index in [0.29, 0.717) is 17.6 Å². The molecule has 0 atom stereocenters. The van der Waals surface area contributed by atoms with Gasteiger partial charge in [0.15, 0.2) is 5.65 Å². The van der Waals surface area contributed by atoms with Gasteiger partial charge in [-0.15, -0.1) is 16.7 Å². The third-order valence-electron chi connectivity index (χ3n) is 2.71. The van der Waals surface area contributed by atoms with Crippen LogP contribution in [-0.2, 0) is 0 Å². The van der Waals surface area contributed by atoms with Crippen molar-refractivity contribution in [2.24, 2.45) is 0 Å². The van der Waals surface area contributed by atoms with Crippen molar-refractivity contribution >= 4 is 23.1 Å². The molecule has 2 heterocycles. The van der Waals surface area contributed by atoms with Crippen LogP contribution in [0.5, 0.6) is 0 Å². The van der Waals surface area contributed by atoms with Crippen LogP contribution in [-0.4, -0.2) is 38.3 Å². The first kappa shape index (κ1) is 12.9. The second-order valence-corrected chi connectivity index (χ2v) is 4.70. The number of hydrogen-bond acceptors (Lipinski definition) is 4. The highest BCUT2D eigenvalue weighted by molar-refractivity contribution is 6.17. The second-order valence-electron chi connectivity index (χ2n) is 4.32. The Labute approximate surface area is 110 Å². The van der Waals surface area contributed by atoms with Crippen molar-refractivity contribution in [2.75, 3.05) is 17.3 Å². The Kier molecular flexibility index (Phi) is 3.86. The molecule has 2 aromatic heterocycles. The lowest BCUT2D eigenvalue weighted by Gasteiger charge is -2.27. The van der Waals surface area contributed by atoms with Crippen LogP contribution < -0.4 is 10.6 Å². The molecule has 0 bridgehead atoms. The van der Waals surface area contributed by atoms with Crippen molar-refractivity contribution in [1.29, 1.82) is 0 Å². The molecule has 0 spiro atoms. The van der Waals surface area contributed by atoms with Gasteiger partial charge in [-0.1, -0.05) is 0 Å². The molecule has 7 heteroatoms. The second kappa shape index (κ2) is 5.39. The Hall–Kier alpha value is -1.56. The molecule has 0 aliphatic rings. The van der Waals surface area contributed by atoms with Gasteiger partial charge in [-0.2, -0.15) is 9.61 Å². The van der Waals surface area contributed by atoms with Crippen molar-refractivity contribution in [3.05, 3.63) is 22.6 Å². The summed E-state index contributed by atoms with van der Waals surface area (Å²) in [6.07, 6.45) is 0.875. The molecule has 2 aromatic rings. The van der Waals surface area contributed by atoms with Crippen LogP contribution in [0.1, 0.15) is 20.3 Å². The zero-order chi connectivity index (χ0) is 13.1. The zero-order valence-electron chi connectivity index (χ0n) is 10.4. The minimum Gasteiger partial charge on any atom is -0.353 e. The maximum atomic E-state index is 11.5. The molecule has 0 aliphatic carbocycles. The number of hydrogen-bond donors (Lipinski definition) is 1. The lowest BCUT2D eigenvalue weighted by atomic mass is 10.3. The first-order chi connectivity index (χ1) is 8.63. The number of aromatic nitrogens is 4. The van der Waals surface area contributed by atoms with E-state index in [1.807, 2.05) is 6.07 Å². The van der Waals surface area contributed by atoms with Crippen LogP contribution >= 0.6 is 11.6 Å². The van der Waals surface area contributed by atoms with Gasteiger partial charge in [0, 0.05) is 18.5 Å². The Morgan fingerprint density at radius 3 is 2.94 bits per heavy atom. The number of nitrogens with one attached hydrogen (secondary N) is 1. The van der Waals surface area contributed by atoms with E-state index in [9.17, 15) is 4.79 Å². The van der Waals surface area contributed by atoms with Crippen molar-refractivity contribution in [1.82, 2.24) is 19.8 Å². The smallest absolute Gasteiger partial charge is 0.353 e. The van der Waals surface area contributed by atoms with E-state index in [4.69, 9.17) is 11.6 Å². The summed E-state index contributed by atoms with van der Waals surface area (Å²) in [5, 5.41) is 10.5. The fourth-order valence-corrected chi connectivity index (χ4v) is 1.93. The summed E-state index contributed by atoms with van der Waals surface area (Å²) in [5.74, 6) is 1.36. The standard InChI is InChI=1S/C11H16ClN5O/c1-8(2)16(7-3-6-12)10-5-4-9-13-14-11(18)17(9)15-10/h4-5,8H,3,6-7H2,1-2H3,(H,14,18). The lowest BCUT2D eigenvalue weighted by Crippen LogP contribution is -2.33. The number of H-pyrrole nitrogens is 1. The van der Waals surface area contributed by atoms with Crippen molar-refractivity contribution in [3.8, 4) is 0 Å². The molecule has 98 valence electrons. The highest BCUT2D eigenvalue weighted by Crippen LogP contribution is 2.14. The quantitative estimate of drug-likeness (QED) is 0.830. The molecule has 0 unspecified atom stereocenters. The monoisotopic (exact) mass is 269 g/mol. The fraction of sp³-hybridized carbons (Fsp3) is 0.545. The number of halogens is 1. The normalized spacial score (nSPS) is 11.3.